The number of nitrogens with zero attached hydrogens (tertiary/aromatic N) is 3. The zero-order valence-corrected chi connectivity index (χ0v) is 11.0. The Labute approximate surface area is 119 Å². The molecule has 2 aromatic heterocycles. The molecule has 0 aliphatic carbocycles. The predicted molar refractivity (Wildman–Crippen MR) is 71.0 cm³/mol. The predicted octanol–water partition coefficient (Wildman–Crippen LogP) is -2.01. The molecule has 0 aromatic carbocycles. The smallest absolute Gasteiger partial charge is 0.169 e. The van der Waals surface area contributed by atoms with Crippen LogP contribution < -0.4 is 5.73 Å². The average Bonchev–Trinajstić information content (AvgIpc) is 3.01. The number of aliphatic hydroxyl groups excluding tert-OH is 3. The van der Waals surface area contributed by atoms with E-state index in [9.17, 15) is 20.4 Å². The van der Waals surface area contributed by atoms with Gasteiger partial charge in [-0.25, -0.2) is 9.97 Å². The van der Waals surface area contributed by atoms with E-state index in [4.69, 9.17) is 10.5 Å². The van der Waals surface area contributed by atoms with Gasteiger partial charge in [-0.2, -0.15) is 0 Å². The van der Waals surface area contributed by atoms with Gasteiger partial charge in [0.1, 0.15) is 30.0 Å². The second-order valence-electron chi connectivity index (χ2n) is 5.02. The molecule has 0 radical (unpaired) electrons. The number of nitrogens with two attached hydrogens (primary N) is 1. The normalized spacial score (nSPS) is 32.9. The maximum atomic E-state index is 10.5. The quantitative estimate of drug-likeness (QED) is 0.436. The fraction of sp³-hybridized carbons (Fsp3) is 0.500. The number of nitrogen functional groups attached to an aromatic ring is 1. The Hall–Kier alpha value is -1.78. The molecule has 0 saturated carbocycles. The molecule has 0 spiro atoms. The van der Waals surface area contributed by atoms with Crippen LogP contribution in [0.1, 0.15) is 6.23 Å². The van der Waals surface area contributed by atoms with Crippen molar-refractivity contribution < 1.29 is 25.2 Å². The first-order valence-corrected chi connectivity index (χ1v) is 6.37. The summed E-state index contributed by atoms with van der Waals surface area (Å²) >= 11 is 0. The van der Waals surface area contributed by atoms with Crippen molar-refractivity contribution in [3.63, 3.8) is 0 Å². The Kier molecular flexibility index (Phi) is 3.30. The van der Waals surface area contributed by atoms with Crippen molar-refractivity contribution in [3.8, 4) is 0 Å². The van der Waals surface area contributed by atoms with Crippen LogP contribution in [-0.4, -0.2) is 66.0 Å². The minimum Gasteiger partial charge on any atom is -0.394 e. The van der Waals surface area contributed by atoms with Crippen LogP contribution in [0.15, 0.2) is 18.6 Å². The van der Waals surface area contributed by atoms with E-state index in [0.29, 0.717) is 11.0 Å². The lowest BCUT2D eigenvalue weighted by atomic mass is 9.95. The Morgan fingerprint density at radius 3 is 2.81 bits per heavy atom. The third-order valence-corrected chi connectivity index (χ3v) is 3.82. The highest BCUT2D eigenvalue weighted by molar-refractivity contribution is 5.86. The molecule has 9 nitrogen and oxygen atoms in total. The van der Waals surface area contributed by atoms with Crippen LogP contribution in [0.5, 0.6) is 0 Å². The highest BCUT2D eigenvalue weighted by atomic mass is 16.6. The van der Waals surface area contributed by atoms with Crippen LogP contribution in [0.2, 0.25) is 0 Å². The first kappa shape index (κ1) is 14.2. The first-order valence-electron chi connectivity index (χ1n) is 6.37. The summed E-state index contributed by atoms with van der Waals surface area (Å²) in [6.07, 6.45) is -0.728. The highest BCUT2D eigenvalue weighted by Crippen LogP contribution is 2.39. The van der Waals surface area contributed by atoms with Gasteiger partial charge in [-0.05, 0) is 6.07 Å². The lowest BCUT2D eigenvalue weighted by molar-refractivity contribution is -0.132. The van der Waals surface area contributed by atoms with E-state index in [0.717, 1.165) is 0 Å². The van der Waals surface area contributed by atoms with Gasteiger partial charge in [0.2, 0.25) is 0 Å². The van der Waals surface area contributed by atoms with Gasteiger partial charge in [0.25, 0.3) is 0 Å². The van der Waals surface area contributed by atoms with Gasteiger partial charge in [0, 0.05) is 6.20 Å². The Balaban J connectivity index is 2.11. The van der Waals surface area contributed by atoms with Gasteiger partial charge in [-0.1, -0.05) is 0 Å². The van der Waals surface area contributed by atoms with Gasteiger partial charge in [0.05, 0.1) is 18.6 Å². The molecule has 1 unspecified atom stereocenters. The largest absolute Gasteiger partial charge is 0.394 e. The minimum absolute atomic E-state index is 0.267. The SMILES string of the molecule is Nc1ncnc2c1ccn2C1O[C@H](CO)[C@@H](O)[C@]1(O)CO. The van der Waals surface area contributed by atoms with Crippen molar-refractivity contribution in [2.45, 2.75) is 24.0 Å². The molecule has 1 aliphatic rings. The Morgan fingerprint density at radius 2 is 2.14 bits per heavy atom. The molecule has 1 aliphatic heterocycles. The second-order valence-corrected chi connectivity index (χ2v) is 5.02. The molecule has 3 heterocycles. The van der Waals surface area contributed by atoms with E-state index in [2.05, 4.69) is 9.97 Å². The minimum atomic E-state index is -1.96. The first-order chi connectivity index (χ1) is 10.0. The summed E-state index contributed by atoms with van der Waals surface area (Å²) in [6, 6.07) is 1.64. The van der Waals surface area contributed by atoms with Crippen molar-refractivity contribution >= 4 is 16.9 Å². The van der Waals surface area contributed by atoms with E-state index in [1.165, 1.54) is 10.9 Å². The van der Waals surface area contributed by atoms with Gasteiger partial charge >= 0.3 is 0 Å². The number of ether oxygens (including phenoxy) is 1. The molecule has 9 heteroatoms. The monoisotopic (exact) mass is 296 g/mol. The van der Waals surface area contributed by atoms with E-state index in [1.54, 1.807) is 12.3 Å². The third kappa shape index (κ3) is 1.90. The van der Waals surface area contributed by atoms with Crippen LogP contribution >= 0.6 is 0 Å². The summed E-state index contributed by atoms with van der Waals surface area (Å²) in [4.78, 5) is 7.94. The summed E-state index contributed by atoms with van der Waals surface area (Å²) < 4.78 is 6.92. The third-order valence-electron chi connectivity index (χ3n) is 3.82. The summed E-state index contributed by atoms with van der Waals surface area (Å²) in [5, 5.41) is 39.8. The van der Waals surface area contributed by atoms with Crippen molar-refractivity contribution in [1.82, 2.24) is 14.5 Å². The molecular weight excluding hydrogens is 280 g/mol. The van der Waals surface area contributed by atoms with Crippen LogP contribution in [0.25, 0.3) is 11.0 Å². The lowest BCUT2D eigenvalue weighted by Gasteiger charge is -2.29. The standard InChI is InChI=1S/C12H16N4O5/c13-9-6-1-2-16(10(6)15-5-14-9)11-12(20,4-18)8(19)7(3-17)21-11/h1-2,5,7-8,11,17-20H,3-4H2,(H2,13,14,15)/t7-,8-,11?,12-/m1/s1. The molecule has 2 aromatic rings. The molecule has 1 fully saturated rings. The molecule has 0 amide bonds. The Morgan fingerprint density at radius 1 is 1.38 bits per heavy atom. The molecule has 6 N–H and O–H groups in total. The van der Waals surface area contributed by atoms with Crippen molar-refractivity contribution in [1.29, 1.82) is 0 Å². The molecule has 1 saturated heterocycles. The number of hydrogen-bond donors (Lipinski definition) is 5. The van der Waals surface area contributed by atoms with Crippen molar-refractivity contribution in [2.24, 2.45) is 0 Å². The van der Waals surface area contributed by atoms with E-state index in [1.807, 2.05) is 0 Å². The van der Waals surface area contributed by atoms with Gasteiger partial charge < -0.3 is 35.5 Å². The second kappa shape index (κ2) is 4.90. The zero-order chi connectivity index (χ0) is 15.2. The molecule has 4 atom stereocenters. The number of aromatic nitrogens is 3. The molecule has 0 bridgehead atoms. The zero-order valence-electron chi connectivity index (χ0n) is 11.0. The average molecular weight is 296 g/mol. The number of hydrogen-bond acceptors (Lipinski definition) is 8. The number of anilines is 1. The van der Waals surface area contributed by atoms with Crippen molar-refractivity contribution in [2.75, 3.05) is 18.9 Å². The van der Waals surface area contributed by atoms with Crippen LogP contribution in [0.3, 0.4) is 0 Å². The van der Waals surface area contributed by atoms with E-state index in [-0.39, 0.29) is 5.82 Å². The lowest BCUT2D eigenvalue weighted by Crippen LogP contribution is -2.49. The Bertz CT molecular complexity index is 662. The number of rotatable bonds is 3. The van der Waals surface area contributed by atoms with Gasteiger partial charge in [-0.15, -0.1) is 0 Å². The van der Waals surface area contributed by atoms with Crippen molar-refractivity contribution in [3.05, 3.63) is 18.6 Å². The number of fused-ring (bicyclic) bond motifs is 1. The van der Waals surface area contributed by atoms with Crippen LogP contribution in [-0.2, 0) is 4.74 Å². The highest BCUT2D eigenvalue weighted by Gasteiger charge is 2.56. The van der Waals surface area contributed by atoms with E-state index < -0.39 is 37.3 Å². The summed E-state index contributed by atoms with van der Waals surface area (Å²) in [5.41, 5.74) is 4.18. The summed E-state index contributed by atoms with van der Waals surface area (Å²) in [6.45, 7) is -1.23. The topological polar surface area (TPSA) is 147 Å². The molecule has 3 rings (SSSR count). The maximum Gasteiger partial charge on any atom is 0.169 e. The van der Waals surface area contributed by atoms with Gasteiger partial charge in [-0.3, -0.25) is 0 Å². The fourth-order valence-electron chi connectivity index (χ4n) is 2.63. The molecule has 114 valence electrons. The van der Waals surface area contributed by atoms with E-state index >= 15 is 0 Å². The summed E-state index contributed by atoms with van der Waals surface area (Å²) in [5.74, 6) is 0.267. The summed E-state index contributed by atoms with van der Waals surface area (Å²) in [7, 11) is 0. The maximum absolute atomic E-state index is 10.5. The van der Waals surface area contributed by atoms with Crippen LogP contribution in [0.4, 0.5) is 5.82 Å². The molecule has 21 heavy (non-hydrogen) atoms. The number of aliphatic hydroxyl groups is 4. The van der Waals surface area contributed by atoms with Gasteiger partial charge in [0.15, 0.2) is 11.8 Å². The fourth-order valence-corrected chi connectivity index (χ4v) is 2.63. The van der Waals surface area contributed by atoms with Crippen LogP contribution in [0, 0.1) is 0 Å². The molecular formula is C12H16N4O5.